The van der Waals surface area contributed by atoms with E-state index >= 15 is 0 Å². The fraction of sp³-hybridized carbons (Fsp3) is 0.125. The lowest BCUT2D eigenvalue weighted by atomic mass is 10.1. The summed E-state index contributed by atoms with van der Waals surface area (Å²) in [5.41, 5.74) is 5.75. The highest BCUT2D eigenvalue weighted by atomic mass is 16.5. The van der Waals surface area contributed by atoms with Crippen molar-refractivity contribution in [1.29, 1.82) is 0 Å². The van der Waals surface area contributed by atoms with E-state index in [-0.39, 0.29) is 0 Å². The molecule has 0 aliphatic heterocycles. The molecule has 2 N–H and O–H groups in total. The molecule has 3 rings (SSSR count). The van der Waals surface area contributed by atoms with Crippen molar-refractivity contribution in [3.63, 3.8) is 0 Å². The van der Waals surface area contributed by atoms with E-state index in [1.165, 1.54) is 0 Å². The number of rotatable bonds is 3. The van der Waals surface area contributed by atoms with E-state index in [1.807, 2.05) is 48.3 Å². The van der Waals surface area contributed by atoms with Crippen molar-refractivity contribution in [3.8, 4) is 5.75 Å². The molecule has 106 valence electrons. The highest BCUT2D eigenvalue weighted by Gasteiger charge is 2.11. The zero-order valence-electron chi connectivity index (χ0n) is 11.9. The normalized spacial score (nSPS) is 10.6. The first-order valence-electron chi connectivity index (χ1n) is 6.58. The first-order valence-corrected chi connectivity index (χ1v) is 6.58. The molecule has 0 unspecified atom stereocenters. The molecule has 0 spiro atoms. The van der Waals surface area contributed by atoms with Crippen LogP contribution in [0.4, 0.5) is 17.5 Å². The Kier molecular flexibility index (Phi) is 3.31. The van der Waals surface area contributed by atoms with Gasteiger partial charge in [0.2, 0.25) is 0 Å². The number of nitrogen functional groups attached to an aromatic ring is 1. The summed E-state index contributed by atoms with van der Waals surface area (Å²) < 4.78 is 5.30. The minimum Gasteiger partial charge on any atom is -0.497 e. The number of fused-ring (bicyclic) bond motifs is 1. The molecule has 2 heterocycles. The lowest BCUT2D eigenvalue weighted by molar-refractivity contribution is 0.415. The highest BCUT2D eigenvalue weighted by Crippen LogP contribution is 2.30. The standard InChI is InChI=1S/C16H16N4O/c1-20(15-5-3-4-14(17)19-15)16-13-10-12(21-2)7-6-11(13)8-9-18-16/h3-10H,1-2H3,(H2,17,19). The van der Waals surface area contributed by atoms with Crippen molar-refractivity contribution in [2.45, 2.75) is 0 Å². The summed E-state index contributed by atoms with van der Waals surface area (Å²) in [6.07, 6.45) is 1.78. The van der Waals surface area contributed by atoms with Crippen LogP contribution >= 0.6 is 0 Å². The second-order valence-electron chi connectivity index (χ2n) is 4.70. The maximum atomic E-state index is 5.75. The highest BCUT2D eigenvalue weighted by molar-refractivity contribution is 5.94. The van der Waals surface area contributed by atoms with Crippen LogP contribution < -0.4 is 15.4 Å². The third-order valence-electron chi connectivity index (χ3n) is 3.37. The van der Waals surface area contributed by atoms with Gasteiger partial charge in [0.15, 0.2) is 0 Å². The summed E-state index contributed by atoms with van der Waals surface area (Å²) in [7, 11) is 3.57. The monoisotopic (exact) mass is 280 g/mol. The molecule has 1 aromatic carbocycles. The van der Waals surface area contributed by atoms with Crippen molar-refractivity contribution < 1.29 is 4.74 Å². The largest absolute Gasteiger partial charge is 0.497 e. The Bertz CT molecular complexity index is 788. The number of ether oxygens (including phenoxy) is 1. The lowest BCUT2D eigenvalue weighted by Gasteiger charge is -2.19. The molecule has 0 saturated heterocycles. The average Bonchev–Trinajstić information content (AvgIpc) is 2.53. The minimum atomic E-state index is 0.483. The molecular weight excluding hydrogens is 264 g/mol. The molecule has 5 heteroatoms. The van der Waals surface area contributed by atoms with Gasteiger partial charge < -0.3 is 15.4 Å². The van der Waals surface area contributed by atoms with E-state index in [1.54, 1.807) is 19.4 Å². The van der Waals surface area contributed by atoms with Crippen molar-refractivity contribution in [2.24, 2.45) is 0 Å². The van der Waals surface area contributed by atoms with Gasteiger partial charge in [-0.3, -0.25) is 0 Å². The average molecular weight is 280 g/mol. The first kappa shape index (κ1) is 13.2. The summed E-state index contributed by atoms with van der Waals surface area (Å²) in [5.74, 6) is 2.84. The van der Waals surface area contributed by atoms with Gasteiger partial charge in [0.05, 0.1) is 7.11 Å². The van der Waals surface area contributed by atoms with E-state index < -0.39 is 0 Å². The van der Waals surface area contributed by atoms with Crippen LogP contribution in [0.15, 0.2) is 48.7 Å². The summed E-state index contributed by atoms with van der Waals surface area (Å²) in [6.45, 7) is 0. The number of benzene rings is 1. The molecular formula is C16H16N4O. The molecule has 2 aromatic heterocycles. The number of hydrogen-bond acceptors (Lipinski definition) is 5. The number of nitrogens with zero attached hydrogens (tertiary/aromatic N) is 3. The van der Waals surface area contributed by atoms with Crippen molar-refractivity contribution in [1.82, 2.24) is 9.97 Å². The van der Waals surface area contributed by atoms with Gasteiger partial charge in [-0.15, -0.1) is 0 Å². The number of aromatic nitrogens is 2. The molecule has 0 atom stereocenters. The van der Waals surface area contributed by atoms with Crippen LogP contribution in [0.3, 0.4) is 0 Å². The number of nitrogens with two attached hydrogens (primary N) is 1. The van der Waals surface area contributed by atoms with E-state index in [0.29, 0.717) is 5.82 Å². The van der Waals surface area contributed by atoms with Gasteiger partial charge in [0.25, 0.3) is 0 Å². The van der Waals surface area contributed by atoms with Gasteiger partial charge in [-0.25, -0.2) is 9.97 Å². The molecule has 0 saturated carbocycles. The summed E-state index contributed by atoms with van der Waals surface area (Å²) in [4.78, 5) is 10.7. The van der Waals surface area contributed by atoms with Gasteiger partial charge in [0.1, 0.15) is 23.2 Å². The second kappa shape index (κ2) is 5.28. The SMILES string of the molecule is COc1ccc2ccnc(N(C)c3cccc(N)n3)c2c1. The Hall–Kier alpha value is -2.82. The Morgan fingerprint density at radius 1 is 1.14 bits per heavy atom. The van der Waals surface area contributed by atoms with Gasteiger partial charge in [-0.2, -0.15) is 0 Å². The van der Waals surface area contributed by atoms with Gasteiger partial charge in [0, 0.05) is 18.6 Å². The predicted octanol–water partition coefficient (Wildman–Crippen LogP) is 2.99. The van der Waals surface area contributed by atoms with Crippen LogP contribution in [-0.4, -0.2) is 24.1 Å². The van der Waals surface area contributed by atoms with Crippen molar-refractivity contribution in [3.05, 3.63) is 48.7 Å². The number of methoxy groups -OCH3 is 1. The number of anilines is 3. The molecule has 0 radical (unpaired) electrons. The zero-order chi connectivity index (χ0) is 14.8. The van der Waals surface area contributed by atoms with Crippen LogP contribution in [-0.2, 0) is 0 Å². The van der Waals surface area contributed by atoms with Crippen LogP contribution in [0, 0.1) is 0 Å². The molecule has 0 fully saturated rings. The van der Waals surface area contributed by atoms with Gasteiger partial charge in [-0.1, -0.05) is 12.1 Å². The number of pyridine rings is 2. The predicted molar refractivity (Wildman–Crippen MR) is 85.0 cm³/mol. The third-order valence-corrected chi connectivity index (χ3v) is 3.37. The Morgan fingerprint density at radius 3 is 2.76 bits per heavy atom. The first-order chi connectivity index (χ1) is 10.2. The van der Waals surface area contributed by atoms with Crippen LogP contribution in [0.2, 0.25) is 0 Å². The molecule has 21 heavy (non-hydrogen) atoms. The number of hydrogen-bond donors (Lipinski definition) is 1. The summed E-state index contributed by atoms with van der Waals surface area (Å²) in [6, 6.07) is 13.4. The smallest absolute Gasteiger partial charge is 0.141 e. The molecule has 0 amide bonds. The van der Waals surface area contributed by atoms with E-state index in [9.17, 15) is 0 Å². The Morgan fingerprint density at radius 2 is 2.00 bits per heavy atom. The van der Waals surface area contributed by atoms with Gasteiger partial charge >= 0.3 is 0 Å². The maximum Gasteiger partial charge on any atom is 0.141 e. The van der Waals surface area contributed by atoms with Gasteiger partial charge in [-0.05, 0) is 35.7 Å². The fourth-order valence-electron chi connectivity index (χ4n) is 2.26. The summed E-state index contributed by atoms with van der Waals surface area (Å²) in [5, 5.41) is 2.10. The fourth-order valence-corrected chi connectivity index (χ4v) is 2.26. The van der Waals surface area contributed by atoms with Crippen molar-refractivity contribution in [2.75, 3.05) is 24.8 Å². The summed E-state index contributed by atoms with van der Waals surface area (Å²) >= 11 is 0. The Labute approximate surface area is 123 Å². The molecule has 0 aliphatic carbocycles. The van der Waals surface area contributed by atoms with Crippen LogP contribution in [0.5, 0.6) is 5.75 Å². The quantitative estimate of drug-likeness (QED) is 0.799. The molecule has 0 bridgehead atoms. The molecule has 3 aromatic rings. The molecule has 0 aliphatic rings. The van der Waals surface area contributed by atoms with Crippen LogP contribution in [0.25, 0.3) is 10.8 Å². The Balaban J connectivity index is 2.15. The van der Waals surface area contributed by atoms with E-state index in [2.05, 4.69) is 9.97 Å². The van der Waals surface area contributed by atoms with E-state index in [4.69, 9.17) is 10.5 Å². The van der Waals surface area contributed by atoms with Crippen LogP contribution in [0.1, 0.15) is 0 Å². The second-order valence-corrected chi connectivity index (χ2v) is 4.70. The van der Waals surface area contributed by atoms with Crippen molar-refractivity contribution >= 4 is 28.2 Å². The third kappa shape index (κ3) is 2.45. The topological polar surface area (TPSA) is 64.3 Å². The molecule has 5 nitrogen and oxygen atoms in total. The zero-order valence-corrected chi connectivity index (χ0v) is 11.9. The van der Waals surface area contributed by atoms with E-state index in [0.717, 1.165) is 28.2 Å². The lowest BCUT2D eigenvalue weighted by Crippen LogP contribution is -2.13. The maximum absolute atomic E-state index is 5.75. The minimum absolute atomic E-state index is 0.483.